The highest BCUT2D eigenvalue weighted by atomic mass is 32.2. The third-order valence-corrected chi connectivity index (χ3v) is 5.65. The number of nitrogens with two attached hydrogens (primary N) is 1. The predicted molar refractivity (Wildman–Crippen MR) is 71.7 cm³/mol. The van der Waals surface area contributed by atoms with Crippen molar-refractivity contribution in [2.45, 2.75) is 25.2 Å². The summed E-state index contributed by atoms with van der Waals surface area (Å²) in [7, 11) is -3.77. The molecule has 0 aromatic heterocycles. The van der Waals surface area contributed by atoms with Crippen LogP contribution in [-0.4, -0.2) is 32.4 Å². The van der Waals surface area contributed by atoms with E-state index < -0.39 is 15.8 Å². The lowest BCUT2D eigenvalue weighted by Crippen LogP contribution is -2.34. The van der Waals surface area contributed by atoms with Gasteiger partial charge in [0.25, 0.3) is 0 Å². The van der Waals surface area contributed by atoms with Crippen LogP contribution in [-0.2, 0) is 10.0 Å². The van der Waals surface area contributed by atoms with Crippen LogP contribution in [0.15, 0.2) is 23.1 Å². The van der Waals surface area contributed by atoms with Crippen LogP contribution in [0.4, 0.5) is 4.39 Å². The molecule has 2 rings (SSSR count). The molecule has 0 aliphatic carbocycles. The summed E-state index contributed by atoms with van der Waals surface area (Å²) in [4.78, 5) is -0.242. The molecule has 106 valence electrons. The smallest absolute Gasteiger partial charge is 0.246 e. The lowest BCUT2D eigenvalue weighted by Gasteiger charge is -2.22. The fourth-order valence-electron chi connectivity index (χ4n) is 2.31. The molecule has 1 atom stereocenters. The molecule has 1 heterocycles. The maximum Gasteiger partial charge on any atom is 0.246 e. The topological polar surface area (TPSA) is 63.4 Å². The number of aryl methyl sites for hydroxylation is 1. The first kappa shape index (κ1) is 14.4. The van der Waals surface area contributed by atoms with Crippen LogP contribution in [0.1, 0.15) is 18.9 Å². The van der Waals surface area contributed by atoms with Gasteiger partial charge in [0.2, 0.25) is 10.0 Å². The molecule has 1 aliphatic rings. The zero-order valence-electron chi connectivity index (χ0n) is 11.2. The number of sulfonamides is 1. The predicted octanol–water partition coefficient (Wildman–Crippen LogP) is 1.49. The minimum atomic E-state index is -3.77. The third-order valence-electron chi connectivity index (χ3n) is 3.79. The highest BCUT2D eigenvalue weighted by molar-refractivity contribution is 7.89. The average Bonchev–Trinajstić information content (AvgIpc) is 2.77. The molecule has 19 heavy (non-hydrogen) atoms. The lowest BCUT2D eigenvalue weighted by atomic mass is 9.90. The minimum absolute atomic E-state index is 0.215. The van der Waals surface area contributed by atoms with Gasteiger partial charge in [-0.3, -0.25) is 0 Å². The van der Waals surface area contributed by atoms with Crippen LogP contribution in [0.25, 0.3) is 0 Å². The van der Waals surface area contributed by atoms with Crippen LogP contribution in [0.2, 0.25) is 0 Å². The summed E-state index contributed by atoms with van der Waals surface area (Å²) in [5.74, 6) is -0.663. The van der Waals surface area contributed by atoms with E-state index in [1.54, 1.807) is 19.1 Å². The standard InChI is InChI=1S/C13H19FN2O2S/c1-10-4-3-5-11(12(10)14)19(17,18)16-7-6-13(2,8-15)9-16/h3-5H,6-9,15H2,1-2H3. The van der Waals surface area contributed by atoms with Gasteiger partial charge in [-0.25, -0.2) is 12.8 Å². The SMILES string of the molecule is Cc1cccc(S(=O)(=O)N2CCC(C)(CN)C2)c1F. The number of nitrogens with zero attached hydrogens (tertiary/aromatic N) is 1. The fourth-order valence-corrected chi connectivity index (χ4v) is 4.04. The highest BCUT2D eigenvalue weighted by Crippen LogP contribution is 2.33. The van der Waals surface area contributed by atoms with Crippen molar-refractivity contribution >= 4 is 10.0 Å². The quantitative estimate of drug-likeness (QED) is 0.915. The molecule has 1 aromatic carbocycles. The van der Waals surface area contributed by atoms with E-state index in [0.717, 1.165) is 0 Å². The van der Waals surface area contributed by atoms with Crippen LogP contribution in [0, 0.1) is 18.2 Å². The summed E-state index contributed by atoms with van der Waals surface area (Å²) >= 11 is 0. The van der Waals surface area contributed by atoms with E-state index in [-0.39, 0.29) is 10.3 Å². The second kappa shape index (κ2) is 4.85. The Hall–Kier alpha value is -0.980. The molecule has 0 saturated carbocycles. The van der Waals surface area contributed by atoms with E-state index in [9.17, 15) is 12.8 Å². The molecule has 0 amide bonds. The molecule has 4 nitrogen and oxygen atoms in total. The van der Waals surface area contributed by atoms with Gasteiger partial charge in [-0.2, -0.15) is 4.31 Å². The Morgan fingerprint density at radius 2 is 2.16 bits per heavy atom. The normalized spacial score (nSPS) is 24.8. The number of hydrogen-bond acceptors (Lipinski definition) is 3. The van der Waals surface area contributed by atoms with E-state index in [0.29, 0.717) is 31.6 Å². The van der Waals surface area contributed by atoms with E-state index >= 15 is 0 Å². The zero-order chi connectivity index (χ0) is 14.3. The number of hydrogen-bond donors (Lipinski definition) is 1. The van der Waals surface area contributed by atoms with E-state index in [2.05, 4.69) is 0 Å². The molecule has 1 unspecified atom stereocenters. The number of halogens is 1. The van der Waals surface area contributed by atoms with Gasteiger partial charge in [-0.05, 0) is 36.9 Å². The first-order valence-electron chi connectivity index (χ1n) is 6.25. The zero-order valence-corrected chi connectivity index (χ0v) is 12.0. The van der Waals surface area contributed by atoms with E-state index in [1.165, 1.54) is 10.4 Å². The van der Waals surface area contributed by atoms with Crippen LogP contribution >= 0.6 is 0 Å². The maximum absolute atomic E-state index is 14.0. The first-order chi connectivity index (χ1) is 8.80. The van der Waals surface area contributed by atoms with Crippen molar-refractivity contribution in [2.75, 3.05) is 19.6 Å². The van der Waals surface area contributed by atoms with E-state index in [4.69, 9.17) is 5.73 Å². The van der Waals surface area contributed by atoms with Gasteiger partial charge in [0.15, 0.2) is 0 Å². The van der Waals surface area contributed by atoms with Crippen LogP contribution in [0.5, 0.6) is 0 Å². The fraction of sp³-hybridized carbons (Fsp3) is 0.538. The summed E-state index contributed by atoms with van der Waals surface area (Å²) < 4.78 is 40.2. The number of rotatable bonds is 3. The van der Waals surface area contributed by atoms with Crippen molar-refractivity contribution < 1.29 is 12.8 Å². The molecule has 0 bridgehead atoms. The largest absolute Gasteiger partial charge is 0.330 e. The summed E-state index contributed by atoms with van der Waals surface area (Å²) in [6, 6.07) is 4.43. The minimum Gasteiger partial charge on any atom is -0.330 e. The van der Waals surface area contributed by atoms with Gasteiger partial charge >= 0.3 is 0 Å². The van der Waals surface area contributed by atoms with Crippen molar-refractivity contribution in [1.82, 2.24) is 4.31 Å². The Balaban J connectivity index is 2.37. The second-order valence-electron chi connectivity index (χ2n) is 5.49. The van der Waals surface area contributed by atoms with Crippen LogP contribution in [0.3, 0.4) is 0 Å². The van der Waals surface area contributed by atoms with Crippen molar-refractivity contribution in [1.29, 1.82) is 0 Å². The molecule has 2 N–H and O–H groups in total. The summed E-state index contributed by atoms with van der Waals surface area (Å²) in [5, 5.41) is 0. The average molecular weight is 286 g/mol. The molecular weight excluding hydrogens is 267 g/mol. The Labute approximate surface area is 113 Å². The van der Waals surface area contributed by atoms with Crippen molar-refractivity contribution in [3.05, 3.63) is 29.6 Å². The summed E-state index contributed by atoms with van der Waals surface area (Å²) in [6.07, 6.45) is 0.705. The molecule has 1 saturated heterocycles. The van der Waals surface area contributed by atoms with Gasteiger partial charge in [-0.15, -0.1) is 0 Å². The van der Waals surface area contributed by atoms with Gasteiger partial charge in [-0.1, -0.05) is 19.1 Å². The van der Waals surface area contributed by atoms with Gasteiger partial charge in [0.1, 0.15) is 10.7 Å². The van der Waals surface area contributed by atoms with Crippen molar-refractivity contribution in [3.63, 3.8) is 0 Å². The third kappa shape index (κ3) is 2.52. The highest BCUT2D eigenvalue weighted by Gasteiger charge is 2.39. The summed E-state index contributed by atoms with van der Waals surface area (Å²) in [6.45, 7) is 4.68. The lowest BCUT2D eigenvalue weighted by molar-refractivity contribution is 0.349. The number of benzene rings is 1. The van der Waals surface area contributed by atoms with Crippen LogP contribution < -0.4 is 5.73 Å². The monoisotopic (exact) mass is 286 g/mol. The Bertz CT molecular complexity index is 588. The Morgan fingerprint density at radius 1 is 1.47 bits per heavy atom. The Morgan fingerprint density at radius 3 is 2.74 bits per heavy atom. The molecule has 0 spiro atoms. The van der Waals surface area contributed by atoms with E-state index in [1.807, 2.05) is 6.92 Å². The molecular formula is C13H19FN2O2S. The molecule has 0 radical (unpaired) electrons. The van der Waals surface area contributed by atoms with Gasteiger partial charge in [0, 0.05) is 13.1 Å². The van der Waals surface area contributed by atoms with Crippen molar-refractivity contribution in [2.24, 2.45) is 11.1 Å². The molecule has 1 aromatic rings. The molecule has 1 aliphatic heterocycles. The van der Waals surface area contributed by atoms with Gasteiger partial charge < -0.3 is 5.73 Å². The first-order valence-corrected chi connectivity index (χ1v) is 7.69. The molecule has 6 heteroatoms. The van der Waals surface area contributed by atoms with Crippen molar-refractivity contribution in [3.8, 4) is 0 Å². The van der Waals surface area contributed by atoms with Gasteiger partial charge in [0.05, 0.1) is 0 Å². The second-order valence-corrected chi connectivity index (χ2v) is 7.40. The molecule has 1 fully saturated rings. The maximum atomic E-state index is 14.0. The Kier molecular flexibility index (Phi) is 3.68. The summed E-state index contributed by atoms with van der Waals surface area (Å²) in [5.41, 5.74) is 5.79.